The lowest BCUT2D eigenvalue weighted by atomic mass is 10.2. The van der Waals surface area contributed by atoms with Crippen LogP contribution in [0.5, 0.6) is 0 Å². The van der Waals surface area contributed by atoms with Crippen LogP contribution in [0.25, 0.3) is 15.9 Å². The Labute approximate surface area is 159 Å². The van der Waals surface area contributed by atoms with Gasteiger partial charge in [0.15, 0.2) is 10.8 Å². The van der Waals surface area contributed by atoms with Crippen molar-refractivity contribution in [1.29, 1.82) is 0 Å². The van der Waals surface area contributed by atoms with Gasteiger partial charge >= 0.3 is 6.18 Å². The van der Waals surface area contributed by atoms with Crippen LogP contribution in [-0.2, 0) is 6.18 Å². The Morgan fingerprint density at radius 2 is 1.86 bits per heavy atom. The molecule has 2 aromatic heterocycles. The van der Waals surface area contributed by atoms with E-state index in [0.717, 1.165) is 17.5 Å². The molecule has 0 aliphatic carbocycles. The maximum atomic E-state index is 13.6. The quantitative estimate of drug-likeness (QED) is 0.493. The second-order valence-corrected chi connectivity index (χ2v) is 6.77. The summed E-state index contributed by atoms with van der Waals surface area (Å²) < 4.78 is 55.3. The molecule has 2 aromatic carbocycles. The minimum atomic E-state index is -4.81. The van der Waals surface area contributed by atoms with E-state index >= 15 is 0 Å². The molecule has 0 spiro atoms. The summed E-state index contributed by atoms with van der Waals surface area (Å²) in [5.41, 5.74) is -1.23. The average Bonchev–Trinajstić information content (AvgIpc) is 3.25. The second kappa shape index (κ2) is 6.71. The summed E-state index contributed by atoms with van der Waals surface area (Å²) >= 11 is 0.959. The highest BCUT2D eigenvalue weighted by Gasteiger charge is 2.40. The van der Waals surface area contributed by atoms with Gasteiger partial charge < -0.3 is 0 Å². The number of para-hydroxylation sites is 1. The zero-order valence-electron chi connectivity index (χ0n) is 13.9. The Bertz CT molecular complexity index is 1170. The monoisotopic (exact) mass is 406 g/mol. The molecule has 5 nitrogen and oxygen atoms in total. The van der Waals surface area contributed by atoms with E-state index in [2.05, 4.69) is 15.4 Å². The number of benzene rings is 2. The first kappa shape index (κ1) is 18.1. The molecule has 0 radical (unpaired) electrons. The Hall–Kier alpha value is -3.27. The number of thiazole rings is 1. The molecule has 142 valence electrons. The lowest BCUT2D eigenvalue weighted by Crippen LogP contribution is -2.20. The van der Waals surface area contributed by atoms with Gasteiger partial charge in [-0.25, -0.2) is 14.1 Å². The zero-order chi connectivity index (χ0) is 19.9. The molecule has 4 aromatic rings. The maximum Gasteiger partial charge on any atom is 0.434 e. The van der Waals surface area contributed by atoms with Crippen molar-refractivity contribution in [2.45, 2.75) is 6.18 Å². The number of carbonyl (C=O) groups is 1. The summed E-state index contributed by atoms with van der Waals surface area (Å²) in [5.74, 6) is -1.48. The van der Waals surface area contributed by atoms with Crippen molar-refractivity contribution < 1.29 is 22.4 Å². The van der Waals surface area contributed by atoms with Gasteiger partial charge in [-0.1, -0.05) is 29.5 Å². The smallest absolute Gasteiger partial charge is 0.298 e. The van der Waals surface area contributed by atoms with Gasteiger partial charge in [-0.05, 0) is 30.3 Å². The summed E-state index contributed by atoms with van der Waals surface area (Å²) in [6.07, 6.45) is -3.95. The lowest BCUT2D eigenvalue weighted by Gasteiger charge is -2.12. The van der Waals surface area contributed by atoms with E-state index < -0.39 is 29.2 Å². The number of hydrogen-bond donors (Lipinski definition) is 1. The van der Waals surface area contributed by atoms with Gasteiger partial charge in [0.05, 0.1) is 27.7 Å². The Balaban J connectivity index is 1.71. The van der Waals surface area contributed by atoms with Crippen LogP contribution >= 0.6 is 11.3 Å². The molecule has 0 bridgehead atoms. The predicted molar refractivity (Wildman–Crippen MR) is 96.1 cm³/mol. The summed E-state index contributed by atoms with van der Waals surface area (Å²) in [4.78, 5) is 16.6. The van der Waals surface area contributed by atoms with Crippen molar-refractivity contribution in [1.82, 2.24) is 14.8 Å². The average molecular weight is 406 g/mol. The van der Waals surface area contributed by atoms with Crippen molar-refractivity contribution in [3.63, 3.8) is 0 Å². The first-order chi connectivity index (χ1) is 13.3. The fourth-order valence-electron chi connectivity index (χ4n) is 2.67. The van der Waals surface area contributed by atoms with Gasteiger partial charge in [0.1, 0.15) is 5.82 Å². The highest BCUT2D eigenvalue weighted by atomic mass is 32.1. The summed E-state index contributed by atoms with van der Waals surface area (Å²) in [5, 5.41) is 6.14. The molecule has 4 rings (SSSR count). The number of hydrogen-bond acceptors (Lipinski definition) is 4. The Kier molecular flexibility index (Phi) is 4.34. The largest absolute Gasteiger partial charge is 0.434 e. The third-order valence-electron chi connectivity index (χ3n) is 3.85. The number of aromatic nitrogens is 3. The molecular formula is C18H10F4N4OS. The third-order valence-corrected chi connectivity index (χ3v) is 4.79. The van der Waals surface area contributed by atoms with Gasteiger partial charge in [-0.15, -0.1) is 0 Å². The SMILES string of the molecule is O=C(Nc1nc2ccc(F)cc2s1)c1cnn(-c2ccccc2)c1C(F)(F)F. The predicted octanol–water partition coefficient (Wildman–Crippen LogP) is 4.89. The number of amides is 1. The Morgan fingerprint density at radius 1 is 1.11 bits per heavy atom. The van der Waals surface area contributed by atoms with E-state index in [4.69, 9.17) is 0 Å². The minimum absolute atomic E-state index is 0.0613. The molecule has 0 aliphatic heterocycles. The molecular weight excluding hydrogens is 396 g/mol. The van der Waals surface area contributed by atoms with Crippen LogP contribution in [0.4, 0.5) is 22.7 Å². The minimum Gasteiger partial charge on any atom is -0.298 e. The third kappa shape index (κ3) is 3.33. The van der Waals surface area contributed by atoms with Gasteiger partial charge in [-0.2, -0.15) is 18.3 Å². The molecule has 0 atom stereocenters. The van der Waals surface area contributed by atoms with Crippen LogP contribution in [0.1, 0.15) is 16.1 Å². The number of alkyl halides is 3. The number of fused-ring (bicyclic) bond motifs is 1. The number of nitrogens with zero attached hydrogens (tertiary/aromatic N) is 3. The molecule has 0 aliphatic rings. The van der Waals surface area contributed by atoms with E-state index in [9.17, 15) is 22.4 Å². The highest BCUT2D eigenvalue weighted by Crippen LogP contribution is 2.34. The zero-order valence-corrected chi connectivity index (χ0v) is 14.7. The standard InChI is InChI=1S/C18H10F4N4OS/c19-10-6-7-13-14(8-10)28-17(24-13)25-16(27)12-9-23-26(15(12)18(20,21)22)11-4-2-1-3-5-11/h1-9H,(H,24,25,27). The van der Waals surface area contributed by atoms with E-state index in [1.54, 1.807) is 18.2 Å². The molecule has 1 N–H and O–H groups in total. The summed E-state index contributed by atoms with van der Waals surface area (Å²) in [6, 6.07) is 11.6. The molecule has 0 unspecified atom stereocenters. The molecule has 2 heterocycles. The van der Waals surface area contributed by atoms with Crippen LogP contribution in [0.3, 0.4) is 0 Å². The molecule has 0 saturated carbocycles. The first-order valence-corrected chi connectivity index (χ1v) is 8.72. The number of halogens is 4. The van der Waals surface area contributed by atoms with E-state index in [0.29, 0.717) is 14.9 Å². The number of carbonyl (C=O) groups excluding carboxylic acids is 1. The topological polar surface area (TPSA) is 59.8 Å². The van der Waals surface area contributed by atoms with E-state index in [-0.39, 0.29) is 10.8 Å². The number of anilines is 1. The van der Waals surface area contributed by atoms with Crippen molar-refractivity contribution >= 4 is 32.6 Å². The van der Waals surface area contributed by atoms with Crippen molar-refractivity contribution in [2.75, 3.05) is 5.32 Å². The molecule has 10 heteroatoms. The fraction of sp³-hybridized carbons (Fsp3) is 0.0556. The van der Waals surface area contributed by atoms with Crippen molar-refractivity contribution in [3.05, 3.63) is 71.8 Å². The van der Waals surface area contributed by atoms with E-state index in [1.165, 1.54) is 30.3 Å². The van der Waals surface area contributed by atoms with Crippen LogP contribution < -0.4 is 5.32 Å². The Morgan fingerprint density at radius 3 is 2.57 bits per heavy atom. The highest BCUT2D eigenvalue weighted by molar-refractivity contribution is 7.22. The van der Waals surface area contributed by atoms with Crippen LogP contribution in [-0.4, -0.2) is 20.7 Å². The van der Waals surface area contributed by atoms with Crippen molar-refractivity contribution in [2.24, 2.45) is 0 Å². The number of nitrogens with one attached hydrogen (secondary N) is 1. The van der Waals surface area contributed by atoms with Gasteiger partial charge in [-0.3, -0.25) is 10.1 Å². The van der Waals surface area contributed by atoms with Gasteiger partial charge in [0, 0.05) is 0 Å². The van der Waals surface area contributed by atoms with E-state index in [1.807, 2.05) is 0 Å². The fourth-order valence-corrected chi connectivity index (χ4v) is 3.55. The van der Waals surface area contributed by atoms with Crippen LogP contribution in [0, 0.1) is 5.82 Å². The van der Waals surface area contributed by atoms with Crippen molar-refractivity contribution in [3.8, 4) is 5.69 Å². The van der Waals surface area contributed by atoms with Gasteiger partial charge in [0.2, 0.25) is 0 Å². The van der Waals surface area contributed by atoms with Crippen LogP contribution in [0.15, 0.2) is 54.7 Å². The van der Waals surface area contributed by atoms with Crippen LogP contribution in [0.2, 0.25) is 0 Å². The first-order valence-electron chi connectivity index (χ1n) is 7.91. The molecule has 1 amide bonds. The molecule has 0 saturated heterocycles. The maximum absolute atomic E-state index is 13.6. The number of rotatable bonds is 3. The normalized spacial score (nSPS) is 11.7. The van der Waals surface area contributed by atoms with Gasteiger partial charge in [0.25, 0.3) is 5.91 Å². The second-order valence-electron chi connectivity index (χ2n) is 5.74. The molecule has 28 heavy (non-hydrogen) atoms. The summed E-state index contributed by atoms with van der Waals surface area (Å²) in [7, 11) is 0. The molecule has 0 fully saturated rings. The lowest BCUT2D eigenvalue weighted by molar-refractivity contribution is -0.143. The summed E-state index contributed by atoms with van der Waals surface area (Å²) in [6.45, 7) is 0.